The van der Waals surface area contributed by atoms with E-state index in [1.54, 1.807) is 0 Å². The van der Waals surface area contributed by atoms with E-state index in [9.17, 15) is 18.0 Å². The van der Waals surface area contributed by atoms with Gasteiger partial charge in [-0.3, -0.25) is 14.1 Å². The van der Waals surface area contributed by atoms with Crippen molar-refractivity contribution in [3.8, 4) is 0 Å². The number of carbonyl (C=O) groups is 1. The lowest BCUT2D eigenvalue weighted by molar-refractivity contribution is -0.133. The van der Waals surface area contributed by atoms with Crippen molar-refractivity contribution in [3.05, 3.63) is 59.5 Å². The lowest BCUT2D eigenvalue weighted by atomic mass is 10.2. The Labute approximate surface area is 175 Å². The Morgan fingerprint density at radius 3 is 2.67 bits per heavy atom. The van der Waals surface area contributed by atoms with Gasteiger partial charge in [0.25, 0.3) is 0 Å². The van der Waals surface area contributed by atoms with Gasteiger partial charge in [-0.1, -0.05) is 17.7 Å². The summed E-state index contributed by atoms with van der Waals surface area (Å²) >= 11 is 5.84. The molecule has 0 N–H and O–H groups in total. The second kappa shape index (κ2) is 8.23. The van der Waals surface area contributed by atoms with Crippen molar-refractivity contribution in [1.29, 1.82) is 0 Å². The van der Waals surface area contributed by atoms with E-state index < -0.39 is 18.6 Å². The molecule has 1 aliphatic rings. The van der Waals surface area contributed by atoms with E-state index in [4.69, 9.17) is 11.6 Å². The summed E-state index contributed by atoms with van der Waals surface area (Å²) in [5.41, 5.74) is 0.843. The maximum atomic E-state index is 13.2. The fourth-order valence-corrected chi connectivity index (χ4v) is 3.90. The summed E-state index contributed by atoms with van der Waals surface area (Å²) in [5.74, 6) is 0.0557. The Morgan fingerprint density at radius 1 is 1.17 bits per heavy atom. The molecule has 3 heterocycles. The summed E-state index contributed by atoms with van der Waals surface area (Å²) in [7, 11) is 0. The summed E-state index contributed by atoms with van der Waals surface area (Å²) in [6, 6.07) is 11.1. The maximum absolute atomic E-state index is 13.2. The summed E-state index contributed by atoms with van der Waals surface area (Å²) in [4.78, 5) is 15.6. The molecular weight excluding hydrogens is 419 g/mol. The zero-order chi connectivity index (χ0) is 21.3. The van der Waals surface area contributed by atoms with Crippen molar-refractivity contribution in [1.82, 2.24) is 19.5 Å². The second-order valence-corrected chi connectivity index (χ2v) is 7.62. The number of aromatic nitrogens is 3. The van der Waals surface area contributed by atoms with Gasteiger partial charge in [0.15, 0.2) is 11.5 Å². The topological polar surface area (TPSA) is 53.7 Å². The number of alkyl halides is 3. The molecule has 1 aliphatic heterocycles. The molecule has 0 bridgehead atoms. The molecule has 0 saturated carbocycles. The van der Waals surface area contributed by atoms with Crippen LogP contribution >= 0.6 is 11.6 Å². The van der Waals surface area contributed by atoms with Crippen LogP contribution in [0.3, 0.4) is 0 Å². The monoisotopic (exact) mass is 437 g/mol. The van der Waals surface area contributed by atoms with E-state index in [0.717, 1.165) is 17.7 Å². The number of fused-ring (bicyclic) bond motifs is 1. The van der Waals surface area contributed by atoms with Crippen LogP contribution < -0.4 is 4.90 Å². The average molecular weight is 438 g/mol. The summed E-state index contributed by atoms with van der Waals surface area (Å²) in [5, 5.41) is 8.79. The average Bonchev–Trinajstić information content (AvgIpc) is 3.32. The van der Waals surface area contributed by atoms with Gasteiger partial charge in [-0.15, -0.1) is 10.2 Å². The number of nitrogens with zero attached hydrogens (tertiary/aromatic N) is 5. The molecule has 0 radical (unpaired) electrons. The highest BCUT2D eigenvalue weighted by molar-refractivity contribution is 6.30. The predicted octanol–water partition coefficient (Wildman–Crippen LogP) is 4.12. The van der Waals surface area contributed by atoms with E-state index in [1.807, 2.05) is 33.7 Å². The lowest BCUT2D eigenvalue weighted by Crippen LogP contribution is -2.44. The van der Waals surface area contributed by atoms with Gasteiger partial charge in [0.1, 0.15) is 6.54 Å². The van der Waals surface area contributed by atoms with Crippen LogP contribution in [0.4, 0.5) is 18.9 Å². The molecule has 158 valence electrons. The minimum atomic E-state index is -4.52. The number of rotatable bonds is 5. The molecule has 1 atom stereocenters. The van der Waals surface area contributed by atoms with Crippen molar-refractivity contribution >= 4 is 28.8 Å². The number of anilines is 1. The smallest absolute Gasteiger partial charge is 0.302 e. The van der Waals surface area contributed by atoms with Crippen LogP contribution in [0.2, 0.25) is 5.02 Å². The Balaban J connectivity index is 1.57. The van der Waals surface area contributed by atoms with Crippen molar-refractivity contribution in [3.63, 3.8) is 0 Å². The summed E-state index contributed by atoms with van der Waals surface area (Å²) in [6.45, 7) is -0.913. The minimum absolute atomic E-state index is 0.148. The van der Waals surface area contributed by atoms with Crippen LogP contribution in [0.5, 0.6) is 0 Å². The van der Waals surface area contributed by atoms with Gasteiger partial charge in [0, 0.05) is 16.9 Å². The van der Waals surface area contributed by atoms with E-state index in [0.29, 0.717) is 23.0 Å². The molecule has 4 rings (SSSR count). The van der Waals surface area contributed by atoms with E-state index in [2.05, 4.69) is 10.2 Å². The second-order valence-electron chi connectivity index (χ2n) is 7.19. The molecule has 3 aromatic rings. The molecular formula is C20H19ClF3N5O. The van der Waals surface area contributed by atoms with Crippen LogP contribution in [0, 0.1) is 0 Å². The molecule has 1 aromatic carbocycles. The Morgan fingerprint density at radius 2 is 1.93 bits per heavy atom. The quantitative estimate of drug-likeness (QED) is 0.602. The number of halogens is 4. The van der Waals surface area contributed by atoms with E-state index >= 15 is 0 Å². The Hall–Kier alpha value is -2.65. The van der Waals surface area contributed by atoms with Crippen LogP contribution in [0.25, 0.3) is 5.65 Å². The molecule has 1 amide bonds. The lowest BCUT2D eigenvalue weighted by Gasteiger charge is -2.28. The van der Waals surface area contributed by atoms with Crippen LogP contribution in [0.1, 0.15) is 24.7 Å². The SMILES string of the molecule is O=C(CN1CCC[C@@H]1c1nnc2ccccn12)N(CC(F)(F)F)c1ccc(Cl)cc1. The van der Waals surface area contributed by atoms with Crippen molar-refractivity contribution in [2.75, 3.05) is 24.5 Å². The molecule has 30 heavy (non-hydrogen) atoms. The number of hydrogen-bond acceptors (Lipinski definition) is 4. The number of likely N-dealkylation sites (tertiary alicyclic amines) is 1. The largest absolute Gasteiger partial charge is 0.406 e. The fraction of sp³-hybridized carbons (Fsp3) is 0.350. The normalized spacial score (nSPS) is 17.5. The third-order valence-electron chi connectivity index (χ3n) is 5.12. The van der Waals surface area contributed by atoms with Gasteiger partial charge in [-0.05, 0) is 55.8 Å². The molecule has 1 saturated heterocycles. The van der Waals surface area contributed by atoms with Crippen molar-refractivity contribution < 1.29 is 18.0 Å². The molecule has 0 spiro atoms. The predicted molar refractivity (Wildman–Crippen MR) is 106 cm³/mol. The maximum Gasteiger partial charge on any atom is 0.406 e. The first-order valence-electron chi connectivity index (χ1n) is 9.48. The molecule has 1 fully saturated rings. The number of amides is 1. The van der Waals surface area contributed by atoms with E-state index in [1.165, 1.54) is 24.3 Å². The van der Waals surface area contributed by atoms with Crippen LogP contribution in [-0.4, -0.2) is 51.2 Å². The Bertz CT molecular complexity index is 1040. The highest BCUT2D eigenvalue weighted by Gasteiger charge is 2.37. The van der Waals surface area contributed by atoms with Gasteiger partial charge >= 0.3 is 6.18 Å². The first-order chi connectivity index (χ1) is 14.3. The van der Waals surface area contributed by atoms with Crippen LogP contribution in [0.15, 0.2) is 48.7 Å². The zero-order valence-corrected chi connectivity index (χ0v) is 16.6. The molecule has 10 heteroatoms. The highest BCUT2D eigenvalue weighted by Crippen LogP contribution is 2.31. The minimum Gasteiger partial charge on any atom is -0.302 e. The fourth-order valence-electron chi connectivity index (χ4n) is 3.78. The summed E-state index contributed by atoms with van der Waals surface area (Å²) in [6.07, 6.45) is -1.11. The zero-order valence-electron chi connectivity index (χ0n) is 15.9. The number of carbonyl (C=O) groups excluding carboxylic acids is 1. The van der Waals surface area contributed by atoms with Crippen molar-refractivity contribution in [2.45, 2.75) is 25.1 Å². The van der Waals surface area contributed by atoms with Crippen LogP contribution in [-0.2, 0) is 4.79 Å². The van der Waals surface area contributed by atoms with Crippen molar-refractivity contribution in [2.24, 2.45) is 0 Å². The number of hydrogen-bond donors (Lipinski definition) is 0. The summed E-state index contributed by atoms with van der Waals surface area (Å²) < 4.78 is 41.3. The molecule has 0 aliphatic carbocycles. The number of pyridine rings is 1. The molecule has 2 aromatic heterocycles. The van der Waals surface area contributed by atoms with E-state index in [-0.39, 0.29) is 18.3 Å². The third-order valence-corrected chi connectivity index (χ3v) is 5.37. The molecule has 0 unspecified atom stereocenters. The highest BCUT2D eigenvalue weighted by atomic mass is 35.5. The number of benzene rings is 1. The molecule has 6 nitrogen and oxygen atoms in total. The third kappa shape index (κ3) is 4.41. The Kier molecular flexibility index (Phi) is 5.66. The standard InChI is InChI=1S/C20H19ClF3N5O/c21-14-6-8-15(9-7-14)29(13-20(22,23)24)18(30)12-27-10-3-4-16(27)19-26-25-17-5-1-2-11-28(17)19/h1-2,5-9,11,16H,3-4,10,12-13H2/t16-/m1/s1. The van der Waals surface area contributed by atoms with Gasteiger partial charge in [0.05, 0.1) is 12.6 Å². The van der Waals surface area contributed by atoms with Gasteiger partial charge < -0.3 is 4.90 Å². The van der Waals surface area contributed by atoms with Gasteiger partial charge in [0.2, 0.25) is 5.91 Å². The van der Waals surface area contributed by atoms with Gasteiger partial charge in [-0.25, -0.2) is 0 Å². The first-order valence-corrected chi connectivity index (χ1v) is 9.86. The van der Waals surface area contributed by atoms with Gasteiger partial charge in [-0.2, -0.15) is 13.2 Å². The first kappa shape index (κ1) is 20.6.